The largest absolute Gasteiger partial charge is 0.497 e. The summed E-state index contributed by atoms with van der Waals surface area (Å²) in [6, 6.07) is 7.45. The van der Waals surface area contributed by atoms with Crippen molar-refractivity contribution in [2.24, 2.45) is 0 Å². The third-order valence-corrected chi connectivity index (χ3v) is 4.73. The SMILES string of the molecule is CN[C@@H](Cc1c[nH]c2ccc(OC)cc12)C(=O)N1CCC[C@H]1C#N. The predicted molar refractivity (Wildman–Crippen MR) is 91.8 cm³/mol. The highest BCUT2D eigenvalue weighted by molar-refractivity contribution is 5.87. The van der Waals surface area contributed by atoms with E-state index in [9.17, 15) is 10.1 Å². The Morgan fingerprint density at radius 3 is 3.12 bits per heavy atom. The molecule has 6 heteroatoms. The van der Waals surface area contributed by atoms with Gasteiger partial charge in [0.1, 0.15) is 11.8 Å². The van der Waals surface area contributed by atoms with Gasteiger partial charge >= 0.3 is 0 Å². The lowest BCUT2D eigenvalue weighted by Crippen LogP contribution is -2.48. The number of carbonyl (C=O) groups excluding carboxylic acids is 1. The van der Waals surface area contributed by atoms with E-state index in [-0.39, 0.29) is 18.0 Å². The Hall–Kier alpha value is -2.52. The van der Waals surface area contributed by atoms with E-state index in [1.165, 1.54) is 0 Å². The van der Waals surface area contributed by atoms with E-state index in [0.29, 0.717) is 13.0 Å². The summed E-state index contributed by atoms with van der Waals surface area (Å²) in [5.74, 6) is 0.790. The second-order valence-electron chi connectivity index (χ2n) is 6.09. The van der Waals surface area contributed by atoms with Crippen molar-refractivity contribution in [3.05, 3.63) is 30.0 Å². The van der Waals surface area contributed by atoms with Gasteiger partial charge in [-0.05, 0) is 50.1 Å². The number of hydrogen-bond acceptors (Lipinski definition) is 4. The fourth-order valence-electron chi connectivity index (χ4n) is 3.35. The molecule has 1 amide bonds. The van der Waals surface area contributed by atoms with Gasteiger partial charge in [-0.1, -0.05) is 0 Å². The number of nitrogens with zero attached hydrogens (tertiary/aromatic N) is 2. The van der Waals surface area contributed by atoms with Crippen LogP contribution in [0.15, 0.2) is 24.4 Å². The number of nitrogens with one attached hydrogen (secondary N) is 2. The van der Waals surface area contributed by atoms with Gasteiger partial charge in [0.2, 0.25) is 5.91 Å². The molecule has 0 radical (unpaired) electrons. The number of likely N-dealkylation sites (tertiary alicyclic amines) is 1. The van der Waals surface area contributed by atoms with Crippen LogP contribution in [0.5, 0.6) is 5.75 Å². The molecule has 1 aliphatic rings. The van der Waals surface area contributed by atoms with Gasteiger partial charge in [0, 0.05) is 23.6 Å². The van der Waals surface area contributed by atoms with Crippen LogP contribution in [0.3, 0.4) is 0 Å². The third-order valence-electron chi connectivity index (χ3n) is 4.73. The summed E-state index contributed by atoms with van der Waals surface area (Å²) >= 11 is 0. The Labute approximate surface area is 141 Å². The second kappa shape index (κ2) is 6.93. The number of aromatic nitrogens is 1. The quantitative estimate of drug-likeness (QED) is 0.878. The molecule has 3 rings (SSSR count). The summed E-state index contributed by atoms with van der Waals surface area (Å²) in [4.78, 5) is 17.8. The first kappa shape index (κ1) is 16.3. The summed E-state index contributed by atoms with van der Waals surface area (Å²) in [6.07, 6.45) is 4.16. The number of fused-ring (bicyclic) bond motifs is 1. The monoisotopic (exact) mass is 326 g/mol. The fraction of sp³-hybridized carbons (Fsp3) is 0.444. The first-order valence-corrected chi connectivity index (χ1v) is 8.19. The molecule has 126 valence electrons. The summed E-state index contributed by atoms with van der Waals surface area (Å²) in [5, 5.41) is 13.4. The van der Waals surface area contributed by atoms with Gasteiger partial charge in [-0.25, -0.2) is 0 Å². The molecule has 24 heavy (non-hydrogen) atoms. The van der Waals surface area contributed by atoms with Crippen LogP contribution in [0.1, 0.15) is 18.4 Å². The lowest BCUT2D eigenvalue weighted by molar-refractivity contribution is -0.133. The number of carbonyl (C=O) groups is 1. The number of aromatic amines is 1. The van der Waals surface area contributed by atoms with Gasteiger partial charge in [0.15, 0.2) is 0 Å². The zero-order valence-electron chi connectivity index (χ0n) is 14.0. The van der Waals surface area contributed by atoms with Crippen molar-refractivity contribution in [1.82, 2.24) is 15.2 Å². The van der Waals surface area contributed by atoms with Crippen molar-refractivity contribution < 1.29 is 9.53 Å². The van der Waals surface area contributed by atoms with Gasteiger partial charge in [0.25, 0.3) is 0 Å². The third kappa shape index (κ3) is 2.95. The van der Waals surface area contributed by atoms with Crippen molar-refractivity contribution in [3.63, 3.8) is 0 Å². The number of hydrogen-bond donors (Lipinski definition) is 2. The maximum absolute atomic E-state index is 12.8. The molecule has 0 bridgehead atoms. The van der Waals surface area contributed by atoms with Gasteiger partial charge in [-0.15, -0.1) is 0 Å². The maximum atomic E-state index is 12.8. The van der Waals surface area contributed by atoms with E-state index in [4.69, 9.17) is 4.74 Å². The Bertz CT molecular complexity index is 777. The Balaban J connectivity index is 1.83. The van der Waals surface area contributed by atoms with Crippen LogP contribution in [0.25, 0.3) is 10.9 Å². The molecular weight excluding hydrogens is 304 g/mol. The molecule has 6 nitrogen and oxygen atoms in total. The number of methoxy groups -OCH3 is 1. The second-order valence-corrected chi connectivity index (χ2v) is 6.09. The summed E-state index contributed by atoms with van der Waals surface area (Å²) in [6.45, 7) is 0.664. The minimum Gasteiger partial charge on any atom is -0.497 e. The standard InChI is InChI=1S/C18H22N4O2/c1-20-17(18(23)22-7-3-4-13(22)10-19)8-12-11-21-16-6-5-14(24-2)9-15(12)16/h5-6,9,11,13,17,20-21H,3-4,7-8H2,1-2H3/t13-,17-/m0/s1. The average Bonchev–Trinajstić information content (AvgIpc) is 3.25. The topological polar surface area (TPSA) is 81.2 Å². The fourth-order valence-corrected chi connectivity index (χ4v) is 3.35. The van der Waals surface area contributed by atoms with E-state index in [2.05, 4.69) is 16.4 Å². The maximum Gasteiger partial charge on any atom is 0.241 e. The summed E-state index contributed by atoms with van der Waals surface area (Å²) < 4.78 is 5.29. The lowest BCUT2D eigenvalue weighted by Gasteiger charge is -2.25. The first-order chi connectivity index (χ1) is 11.7. The molecule has 0 aliphatic carbocycles. The van der Waals surface area contributed by atoms with Crippen molar-refractivity contribution in [2.45, 2.75) is 31.3 Å². The van der Waals surface area contributed by atoms with E-state index in [1.807, 2.05) is 24.4 Å². The Morgan fingerprint density at radius 1 is 1.58 bits per heavy atom. The number of amides is 1. The molecule has 2 heterocycles. The van der Waals surface area contributed by atoms with E-state index in [0.717, 1.165) is 35.1 Å². The zero-order chi connectivity index (χ0) is 17.1. The number of likely N-dealkylation sites (N-methyl/N-ethyl adjacent to an activating group) is 1. The Kier molecular flexibility index (Phi) is 4.72. The smallest absolute Gasteiger partial charge is 0.241 e. The van der Waals surface area contributed by atoms with Crippen molar-refractivity contribution in [2.75, 3.05) is 20.7 Å². The van der Waals surface area contributed by atoms with Gasteiger partial charge in [-0.3, -0.25) is 4.79 Å². The van der Waals surface area contributed by atoms with E-state index >= 15 is 0 Å². The van der Waals surface area contributed by atoms with Gasteiger partial charge in [-0.2, -0.15) is 5.26 Å². The first-order valence-electron chi connectivity index (χ1n) is 8.19. The van der Waals surface area contributed by atoms with Crippen LogP contribution in [-0.2, 0) is 11.2 Å². The van der Waals surface area contributed by atoms with E-state index < -0.39 is 0 Å². The number of rotatable bonds is 5. The minimum absolute atomic E-state index is 0.00111. The zero-order valence-corrected chi connectivity index (χ0v) is 14.0. The molecule has 2 aromatic rings. The molecule has 1 aromatic heterocycles. The molecule has 2 N–H and O–H groups in total. The molecule has 1 fully saturated rings. The van der Waals surface area contributed by atoms with Crippen LogP contribution < -0.4 is 10.1 Å². The van der Waals surface area contributed by atoms with Gasteiger partial charge < -0.3 is 19.9 Å². The average molecular weight is 326 g/mol. The van der Waals surface area contributed by atoms with Crippen LogP contribution in [0.2, 0.25) is 0 Å². The van der Waals surface area contributed by atoms with Crippen molar-refractivity contribution in [1.29, 1.82) is 5.26 Å². The molecule has 1 aliphatic heterocycles. The van der Waals surface area contributed by atoms with Crippen LogP contribution in [-0.4, -0.2) is 48.6 Å². The number of benzene rings is 1. The number of nitriles is 1. The molecular formula is C18H22N4O2. The molecule has 1 aromatic carbocycles. The normalized spacial score (nSPS) is 18.5. The molecule has 0 spiro atoms. The summed E-state index contributed by atoms with van der Waals surface area (Å²) in [5.41, 5.74) is 2.08. The highest BCUT2D eigenvalue weighted by Crippen LogP contribution is 2.25. The highest BCUT2D eigenvalue weighted by Gasteiger charge is 2.32. The van der Waals surface area contributed by atoms with Gasteiger partial charge in [0.05, 0.1) is 19.2 Å². The lowest BCUT2D eigenvalue weighted by atomic mass is 10.0. The van der Waals surface area contributed by atoms with E-state index in [1.54, 1.807) is 19.1 Å². The van der Waals surface area contributed by atoms with Crippen molar-refractivity contribution in [3.8, 4) is 11.8 Å². The Morgan fingerprint density at radius 2 is 2.42 bits per heavy atom. The molecule has 0 unspecified atom stereocenters. The number of ether oxygens (including phenoxy) is 1. The summed E-state index contributed by atoms with van der Waals surface area (Å²) in [7, 11) is 3.43. The van der Waals surface area contributed by atoms with Crippen LogP contribution >= 0.6 is 0 Å². The van der Waals surface area contributed by atoms with Crippen LogP contribution in [0, 0.1) is 11.3 Å². The number of H-pyrrole nitrogens is 1. The molecule has 0 saturated carbocycles. The van der Waals surface area contributed by atoms with Crippen molar-refractivity contribution >= 4 is 16.8 Å². The highest BCUT2D eigenvalue weighted by atomic mass is 16.5. The molecule has 1 saturated heterocycles. The minimum atomic E-state index is -0.343. The predicted octanol–water partition coefficient (Wildman–Crippen LogP) is 1.82. The van der Waals surface area contributed by atoms with Crippen LogP contribution in [0.4, 0.5) is 0 Å². The molecule has 2 atom stereocenters.